The normalized spacial score (nSPS) is 11.1. The molecule has 0 saturated carbocycles. The van der Waals surface area contributed by atoms with Crippen molar-refractivity contribution in [2.45, 2.75) is 13.3 Å². The Morgan fingerprint density at radius 1 is 1.00 bits per heavy atom. The van der Waals surface area contributed by atoms with Crippen molar-refractivity contribution in [3.63, 3.8) is 0 Å². The van der Waals surface area contributed by atoms with E-state index in [9.17, 15) is 4.39 Å². The summed E-state index contributed by atoms with van der Waals surface area (Å²) in [6.07, 6.45) is 2.22. The number of H-pyrrole nitrogens is 1. The molecule has 170 valence electrons. The van der Waals surface area contributed by atoms with Gasteiger partial charge in [-0.25, -0.2) is 9.37 Å². The van der Waals surface area contributed by atoms with Crippen molar-refractivity contribution < 1.29 is 14.2 Å². The van der Waals surface area contributed by atoms with Crippen molar-refractivity contribution in [3.8, 4) is 28.4 Å². The van der Waals surface area contributed by atoms with Crippen LogP contribution in [0.4, 0.5) is 4.39 Å². The van der Waals surface area contributed by atoms with Crippen molar-refractivity contribution in [2.75, 3.05) is 13.2 Å². The number of aliphatic hydroxyl groups is 1. The Kier molecular flexibility index (Phi) is 6.01. The predicted molar refractivity (Wildman–Crippen MR) is 129 cm³/mol. The van der Waals surface area contributed by atoms with Crippen molar-refractivity contribution in [1.29, 1.82) is 0 Å². The minimum atomic E-state index is -0.466. The number of aromatic amines is 1. The lowest BCUT2D eigenvalue weighted by molar-refractivity contribution is 0.196. The molecular weight excluding hydrogens is 431 g/mol. The molecule has 0 radical (unpaired) electrons. The van der Waals surface area contributed by atoms with Crippen molar-refractivity contribution >= 4 is 10.9 Å². The Bertz CT molecular complexity index is 1460. The smallest absolute Gasteiger partial charge is 0.165 e. The number of aryl methyl sites for hydroxylation is 1. The first kappa shape index (κ1) is 21.7. The maximum Gasteiger partial charge on any atom is 0.165 e. The first-order chi connectivity index (χ1) is 16.6. The van der Waals surface area contributed by atoms with E-state index in [2.05, 4.69) is 16.0 Å². The number of aromatic nitrogens is 4. The molecule has 34 heavy (non-hydrogen) atoms. The number of rotatable bonds is 7. The minimum absolute atomic E-state index is 0.0330. The van der Waals surface area contributed by atoms with Crippen LogP contribution in [0.5, 0.6) is 5.75 Å². The summed E-state index contributed by atoms with van der Waals surface area (Å²) in [6, 6.07) is 20.6. The lowest BCUT2D eigenvalue weighted by Gasteiger charge is -2.07. The Labute approximate surface area is 196 Å². The van der Waals surface area contributed by atoms with Crippen LogP contribution in [0.1, 0.15) is 17.1 Å². The number of aliphatic hydroxyl groups excluding tert-OH is 1. The van der Waals surface area contributed by atoms with Crippen molar-refractivity contribution in [3.05, 3.63) is 95.8 Å². The van der Waals surface area contributed by atoms with Crippen LogP contribution in [0, 0.1) is 12.7 Å². The van der Waals surface area contributed by atoms with E-state index in [4.69, 9.17) is 19.8 Å². The monoisotopic (exact) mass is 454 g/mol. The molecule has 2 N–H and O–H groups in total. The van der Waals surface area contributed by atoms with Gasteiger partial charge in [0.2, 0.25) is 0 Å². The van der Waals surface area contributed by atoms with Gasteiger partial charge in [-0.2, -0.15) is 0 Å². The fourth-order valence-electron chi connectivity index (χ4n) is 3.92. The second-order valence-corrected chi connectivity index (χ2v) is 8.00. The van der Waals surface area contributed by atoms with Gasteiger partial charge in [-0.05, 0) is 55.0 Å². The standard InChI is InChI=1S/C27H23FN4O2/c1-17-4-2-6-23(30-17)27-26(20-8-10-22-19(16-20)5-3-11-29-22)31-25(32-27)15-18-7-9-21(28)24(14-18)34-13-12-33/h2-11,14,16,33H,12-13,15H2,1H3,(H,31,32). The van der Waals surface area contributed by atoms with E-state index < -0.39 is 5.82 Å². The summed E-state index contributed by atoms with van der Waals surface area (Å²) in [5, 5.41) is 10.0. The van der Waals surface area contributed by atoms with Gasteiger partial charge in [-0.15, -0.1) is 0 Å². The SMILES string of the molecule is Cc1cccc(-c2[nH]c(Cc3ccc(F)c(OCCO)c3)nc2-c2ccc3ncccc3c2)n1. The molecule has 7 heteroatoms. The second kappa shape index (κ2) is 9.41. The molecule has 5 rings (SSSR count). The zero-order chi connectivity index (χ0) is 23.5. The van der Waals surface area contributed by atoms with Gasteiger partial charge in [0.15, 0.2) is 11.6 Å². The Morgan fingerprint density at radius 2 is 1.91 bits per heavy atom. The first-order valence-electron chi connectivity index (χ1n) is 11.0. The number of nitrogens with one attached hydrogen (secondary N) is 1. The highest BCUT2D eigenvalue weighted by Crippen LogP contribution is 2.32. The van der Waals surface area contributed by atoms with Gasteiger partial charge in [0.05, 0.1) is 29.2 Å². The Balaban J connectivity index is 1.57. The molecule has 0 aliphatic heterocycles. The van der Waals surface area contributed by atoms with Crippen LogP contribution < -0.4 is 4.74 Å². The molecule has 0 saturated heterocycles. The quantitative estimate of drug-likeness (QED) is 0.358. The molecule has 0 atom stereocenters. The number of benzene rings is 2. The molecule has 0 unspecified atom stereocenters. The number of fused-ring (bicyclic) bond motifs is 1. The first-order valence-corrected chi connectivity index (χ1v) is 11.0. The Morgan fingerprint density at radius 3 is 2.76 bits per heavy atom. The number of hydrogen-bond acceptors (Lipinski definition) is 5. The van der Waals surface area contributed by atoms with E-state index in [1.165, 1.54) is 6.07 Å². The third-order valence-electron chi connectivity index (χ3n) is 5.49. The number of imidazole rings is 1. The number of pyridine rings is 2. The third-order valence-corrected chi connectivity index (χ3v) is 5.49. The molecule has 6 nitrogen and oxygen atoms in total. The van der Waals surface area contributed by atoms with Crippen LogP contribution in [0.25, 0.3) is 33.5 Å². The predicted octanol–water partition coefficient (Wildman–Crippen LogP) is 5.10. The molecule has 0 aliphatic rings. The number of halogens is 1. The van der Waals surface area contributed by atoms with Crippen LogP contribution >= 0.6 is 0 Å². The molecule has 3 heterocycles. The van der Waals surface area contributed by atoms with E-state index in [0.29, 0.717) is 6.42 Å². The summed E-state index contributed by atoms with van der Waals surface area (Å²) in [5.74, 6) is 0.368. The molecule has 0 aliphatic carbocycles. The van der Waals surface area contributed by atoms with Crippen molar-refractivity contribution in [1.82, 2.24) is 19.9 Å². The third kappa shape index (κ3) is 4.51. The zero-order valence-corrected chi connectivity index (χ0v) is 18.6. The topological polar surface area (TPSA) is 83.9 Å². The van der Waals surface area contributed by atoms with Gasteiger partial charge in [0.25, 0.3) is 0 Å². The highest BCUT2D eigenvalue weighted by atomic mass is 19.1. The molecule has 2 aromatic carbocycles. The summed E-state index contributed by atoms with van der Waals surface area (Å²) in [6.45, 7) is 1.80. The molecule has 0 bridgehead atoms. The van der Waals surface area contributed by atoms with E-state index in [0.717, 1.165) is 50.6 Å². The minimum Gasteiger partial charge on any atom is -0.488 e. The van der Waals surface area contributed by atoms with Crippen LogP contribution in [0.2, 0.25) is 0 Å². The zero-order valence-electron chi connectivity index (χ0n) is 18.6. The lowest BCUT2D eigenvalue weighted by Crippen LogP contribution is -2.04. The average molecular weight is 455 g/mol. The number of nitrogens with zero attached hydrogens (tertiary/aromatic N) is 3. The van der Waals surface area contributed by atoms with Gasteiger partial charge in [-0.3, -0.25) is 9.97 Å². The lowest BCUT2D eigenvalue weighted by atomic mass is 10.1. The second-order valence-electron chi connectivity index (χ2n) is 8.00. The molecule has 0 spiro atoms. The fraction of sp³-hybridized carbons (Fsp3) is 0.148. The maximum atomic E-state index is 14.1. The van der Waals surface area contributed by atoms with Crippen LogP contribution in [-0.2, 0) is 6.42 Å². The summed E-state index contributed by atoms with van der Waals surface area (Å²) in [4.78, 5) is 17.4. The van der Waals surface area contributed by atoms with Gasteiger partial charge in [-0.1, -0.05) is 24.3 Å². The van der Waals surface area contributed by atoms with Crippen LogP contribution in [0.15, 0.2) is 72.9 Å². The van der Waals surface area contributed by atoms with E-state index in [1.54, 1.807) is 18.3 Å². The number of hydrogen-bond donors (Lipinski definition) is 2. The summed E-state index contributed by atoms with van der Waals surface area (Å²) in [7, 11) is 0. The summed E-state index contributed by atoms with van der Waals surface area (Å²) in [5.41, 5.74) is 6.02. The Hall–Kier alpha value is -4.10. The van der Waals surface area contributed by atoms with Crippen molar-refractivity contribution in [2.24, 2.45) is 0 Å². The molecule has 5 aromatic rings. The highest BCUT2D eigenvalue weighted by molar-refractivity contribution is 5.86. The highest BCUT2D eigenvalue weighted by Gasteiger charge is 2.17. The van der Waals surface area contributed by atoms with Crippen LogP contribution in [0.3, 0.4) is 0 Å². The summed E-state index contributed by atoms with van der Waals surface area (Å²) >= 11 is 0. The molecule has 3 aromatic heterocycles. The van der Waals surface area contributed by atoms with E-state index in [1.807, 2.05) is 49.4 Å². The van der Waals surface area contributed by atoms with Gasteiger partial charge in [0, 0.05) is 29.3 Å². The average Bonchev–Trinajstić information content (AvgIpc) is 3.28. The molecule has 0 fully saturated rings. The maximum absolute atomic E-state index is 14.1. The fourth-order valence-corrected chi connectivity index (χ4v) is 3.92. The molecule has 0 amide bonds. The van der Waals surface area contributed by atoms with Gasteiger partial charge >= 0.3 is 0 Å². The van der Waals surface area contributed by atoms with E-state index >= 15 is 0 Å². The number of ether oxygens (including phenoxy) is 1. The van der Waals surface area contributed by atoms with E-state index in [-0.39, 0.29) is 19.0 Å². The molecular formula is C27H23FN4O2. The van der Waals surface area contributed by atoms with Crippen LogP contribution in [-0.4, -0.2) is 38.3 Å². The largest absolute Gasteiger partial charge is 0.488 e. The van der Waals surface area contributed by atoms with Gasteiger partial charge in [0.1, 0.15) is 12.4 Å². The summed E-state index contributed by atoms with van der Waals surface area (Å²) < 4.78 is 19.4. The van der Waals surface area contributed by atoms with Gasteiger partial charge < -0.3 is 14.8 Å².